The van der Waals surface area contributed by atoms with E-state index in [1.165, 1.54) is 24.3 Å². The van der Waals surface area contributed by atoms with Crippen molar-refractivity contribution in [3.05, 3.63) is 65.7 Å². The third kappa shape index (κ3) is 5.35. The number of carbonyl (C=O) groups is 2. The Hall–Kier alpha value is -2.87. The van der Waals surface area contributed by atoms with Gasteiger partial charge in [0, 0.05) is 30.8 Å². The summed E-state index contributed by atoms with van der Waals surface area (Å²) in [6.45, 7) is 0.767. The van der Waals surface area contributed by atoms with Crippen molar-refractivity contribution in [3.63, 3.8) is 0 Å². The van der Waals surface area contributed by atoms with Gasteiger partial charge in [-0.1, -0.05) is 30.3 Å². The molecule has 1 aliphatic heterocycles. The van der Waals surface area contributed by atoms with Crippen molar-refractivity contribution in [2.24, 2.45) is 0 Å². The first kappa shape index (κ1) is 20.9. The van der Waals surface area contributed by atoms with E-state index in [0.29, 0.717) is 37.9 Å². The second kappa shape index (κ2) is 8.24. The molecule has 1 saturated heterocycles. The molecule has 0 spiro atoms. The number of piperidine rings is 1. The summed E-state index contributed by atoms with van der Waals surface area (Å²) in [5, 5.41) is 12.6. The fourth-order valence-electron chi connectivity index (χ4n) is 3.36. The first-order valence-corrected chi connectivity index (χ1v) is 9.20. The molecule has 2 amide bonds. The number of hydrogen-bond acceptors (Lipinski definition) is 3. The average Bonchev–Trinajstić information content (AvgIpc) is 2.68. The van der Waals surface area contributed by atoms with Crippen LogP contribution < -0.4 is 5.32 Å². The Bertz CT molecular complexity index is 859. The molecule has 1 aliphatic rings. The van der Waals surface area contributed by atoms with Crippen LogP contribution in [-0.2, 0) is 11.2 Å². The van der Waals surface area contributed by atoms with Crippen LogP contribution in [-0.4, -0.2) is 46.7 Å². The zero-order valence-corrected chi connectivity index (χ0v) is 15.6. The topological polar surface area (TPSA) is 69.6 Å². The molecule has 29 heavy (non-hydrogen) atoms. The monoisotopic (exact) mass is 406 g/mol. The summed E-state index contributed by atoms with van der Waals surface area (Å²) in [7, 11) is 0. The van der Waals surface area contributed by atoms with Crippen LogP contribution in [0.5, 0.6) is 0 Å². The molecule has 0 bridgehead atoms. The minimum Gasteiger partial charge on any atom is -0.389 e. The molecule has 0 saturated carbocycles. The molecule has 0 aliphatic carbocycles. The van der Waals surface area contributed by atoms with E-state index in [1.54, 1.807) is 10.2 Å². The molecule has 5 nitrogen and oxygen atoms in total. The van der Waals surface area contributed by atoms with Crippen LogP contribution in [0.1, 0.15) is 28.8 Å². The van der Waals surface area contributed by atoms with Gasteiger partial charge in [0.25, 0.3) is 5.91 Å². The van der Waals surface area contributed by atoms with Crippen LogP contribution in [0.25, 0.3) is 0 Å². The molecule has 1 fully saturated rings. The summed E-state index contributed by atoms with van der Waals surface area (Å²) in [5.74, 6) is -2.33. The van der Waals surface area contributed by atoms with Crippen molar-refractivity contribution in [3.8, 4) is 0 Å². The van der Waals surface area contributed by atoms with Gasteiger partial charge >= 0.3 is 12.1 Å². The Labute approximate surface area is 166 Å². The minimum absolute atomic E-state index is 0.0419. The molecule has 2 aromatic carbocycles. The maximum Gasteiger partial charge on any atom is 0.471 e. The normalized spacial score (nSPS) is 16.3. The summed E-state index contributed by atoms with van der Waals surface area (Å²) in [6, 6.07) is 14.9. The SMILES string of the molecule is O=C(c1ccc(NC(=O)C(F)(F)F)cc1)N1CCC(O)(Cc2ccccc2)CC1. The lowest BCUT2D eigenvalue weighted by Crippen LogP contribution is -2.47. The highest BCUT2D eigenvalue weighted by Crippen LogP contribution is 2.27. The quantitative estimate of drug-likeness (QED) is 0.818. The summed E-state index contributed by atoms with van der Waals surface area (Å²) >= 11 is 0. The summed E-state index contributed by atoms with van der Waals surface area (Å²) in [5.41, 5.74) is 0.429. The van der Waals surface area contributed by atoms with Crippen LogP contribution in [0.4, 0.5) is 18.9 Å². The number of halogens is 3. The number of anilines is 1. The van der Waals surface area contributed by atoms with Gasteiger partial charge in [-0.2, -0.15) is 13.2 Å². The van der Waals surface area contributed by atoms with Crippen molar-refractivity contribution < 1.29 is 27.9 Å². The number of hydrogen-bond donors (Lipinski definition) is 2. The first-order valence-electron chi connectivity index (χ1n) is 9.20. The zero-order valence-electron chi connectivity index (χ0n) is 15.6. The highest BCUT2D eigenvalue weighted by Gasteiger charge is 2.38. The van der Waals surface area contributed by atoms with E-state index in [-0.39, 0.29) is 11.6 Å². The predicted octanol–water partition coefficient (Wildman–Crippen LogP) is 3.40. The van der Waals surface area contributed by atoms with E-state index >= 15 is 0 Å². The lowest BCUT2D eigenvalue weighted by atomic mass is 9.85. The third-order valence-corrected chi connectivity index (χ3v) is 5.00. The Morgan fingerprint density at radius 3 is 2.14 bits per heavy atom. The highest BCUT2D eigenvalue weighted by molar-refractivity contribution is 5.97. The second-order valence-corrected chi connectivity index (χ2v) is 7.21. The Balaban J connectivity index is 1.57. The van der Waals surface area contributed by atoms with E-state index in [0.717, 1.165) is 5.56 Å². The van der Waals surface area contributed by atoms with Crippen molar-refractivity contribution in [2.45, 2.75) is 31.0 Å². The van der Waals surface area contributed by atoms with Gasteiger partial charge in [-0.05, 0) is 42.7 Å². The van der Waals surface area contributed by atoms with Gasteiger partial charge in [0.1, 0.15) is 0 Å². The minimum atomic E-state index is -4.97. The van der Waals surface area contributed by atoms with E-state index in [2.05, 4.69) is 0 Å². The van der Waals surface area contributed by atoms with Crippen LogP contribution >= 0.6 is 0 Å². The van der Waals surface area contributed by atoms with Gasteiger partial charge < -0.3 is 15.3 Å². The molecule has 0 radical (unpaired) electrons. The zero-order chi connectivity index (χ0) is 21.1. The van der Waals surface area contributed by atoms with Crippen molar-refractivity contribution in [2.75, 3.05) is 18.4 Å². The molecule has 0 unspecified atom stereocenters. The van der Waals surface area contributed by atoms with Gasteiger partial charge in [-0.15, -0.1) is 0 Å². The smallest absolute Gasteiger partial charge is 0.389 e. The molecule has 0 atom stereocenters. The van der Waals surface area contributed by atoms with Crippen LogP contribution in [0.2, 0.25) is 0 Å². The number of amides is 2. The number of nitrogens with one attached hydrogen (secondary N) is 1. The number of nitrogens with zero attached hydrogens (tertiary/aromatic N) is 1. The predicted molar refractivity (Wildman–Crippen MR) is 101 cm³/mol. The maximum atomic E-state index is 12.6. The molecule has 3 rings (SSSR count). The maximum absolute atomic E-state index is 12.6. The third-order valence-electron chi connectivity index (χ3n) is 5.00. The first-order chi connectivity index (χ1) is 13.7. The van der Waals surface area contributed by atoms with Crippen molar-refractivity contribution >= 4 is 17.5 Å². The summed E-state index contributed by atoms with van der Waals surface area (Å²) in [4.78, 5) is 25.2. The van der Waals surface area contributed by atoms with Gasteiger partial charge in [0.05, 0.1) is 5.60 Å². The molecule has 2 aromatic rings. The molecule has 154 valence electrons. The molecule has 2 N–H and O–H groups in total. The number of alkyl halides is 3. The number of rotatable bonds is 4. The Morgan fingerprint density at radius 1 is 1.00 bits per heavy atom. The summed E-state index contributed by atoms with van der Waals surface area (Å²) < 4.78 is 36.9. The average molecular weight is 406 g/mol. The van der Waals surface area contributed by atoms with Gasteiger partial charge in [-0.25, -0.2) is 0 Å². The van der Waals surface area contributed by atoms with Crippen molar-refractivity contribution in [1.29, 1.82) is 0 Å². The number of benzene rings is 2. The van der Waals surface area contributed by atoms with Gasteiger partial charge in [-0.3, -0.25) is 9.59 Å². The Morgan fingerprint density at radius 2 is 1.59 bits per heavy atom. The standard InChI is InChI=1S/C21H21F3N2O3/c22-21(23,24)19(28)25-17-8-6-16(7-9-17)18(27)26-12-10-20(29,11-13-26)14-15-4-2-1-3-5-15/h1-9,29H,10-14H2,(H,25,28). The number of aliphatic hydroxyl groups is 1. The molecule has 1 heterocycles. The van der Waals surface area contributed by atoms with Crippen LogP contribution in [0.15, 0.2) is 54.6 Å². The van der Waals surface area contributed by atoms with E-state index < -0.39 is 17.7 Å². The lowest BCUT2D eigenvalue weighted by Gasteiger charge is -2.38. The lowest BCUT2D eigenvalue weighted by molar-refractivity contribution is -0.167. The largest absolute Gasteiger partial charge is 0.471 e. The highest BCUT2D eigenvalue weighted by atomic mass is 19.4. The van der Waals surface area contributed by atoms with E-state index in [1.807, 2.05) is 30.3 Å². The molecule has 0 aromatic heterocycles. The van der Waals surface area contributed by atoms with Crippen LogP contribution in [0.3, 0.4) is 0 Å². The van der Waals surface area contributed by atoms with Crippen molar-refractivity contribution in [1.82, 2.24) is 4.90 Å². The number of likely N-dealkylation sites (tertiary alicyclic amines) is 1. The fraction of sp³-hybridized carbons (Fsp3) is 0.333. The fourth-order valence-corrected chi connectivity index (χ4v) is 3.36. The molecule has 8 heteroatoms. The summed E-state index contributed by atoms with van der Waals surface area (Å²) in [6.07, 6.45) is -3.58. The molecular formula is C21H21F3N2O3. The van der Waals surface area contributed by atoms with Gasteiger partial charge in [0.15, 0.2) is 0 Å². The van der Waals surface area contributed by atoms with Crippen LogP contribution in [0, 0.1) is 0 Å². The van der Waals surface area contributed by atoms with Gasteiger partial charge in [0.2, 0.25) is 0 Å². The Kier molecular flexibility index (Phi) is 5.93. The molecular weight excluding hydrogens is 385 g/mol. The van der Waals surface area contributed by atoms with E-state index in [4.69, 9.17) is 0 Å². The second-order valence-electron chi connectivity index (χ2n) is 7.21. The number of carbonyl (C=O) groups excluding carboxylic acids is 2. The van der Waals surface area contributed by atoms with E-state index in [9.17, 15) is 27.9 Å².